The number of Topliss-reactive ketones (excluding diaryl/α,β-unsaturated/α-hetero) is 1. The smallest absolute Gasteiger partial charge is 0.267 e. The molecule has 0 aromatic carbocycles. The topological polar surface area (TPSA) is 62.0 Å². The zero-order valence-electron chi connectivity index (χ0n) is 10.3. The molecule has 100 valence electrons. The second kappa shape index (κ2) is 6.16. The van der Waals surface area contributed by atoms with Gasteiger partial charge in [0.05, 0.1) is 4.88 Å². The number of aromatic amines is 1. The van der Waals surface area contributed by atoms with Crippen LogP contribution in [0.2, 0.25) is 0 Å². The Morgan fingerprint density at radius 3 is 2.89 bits per heavy atom. The second-order valence-electron chi connectivity index (χ2n) is 4.21. The largest absolute Gasteiger partial charge is 0.356 e. The number of carbonyl (C=O) groups is 2. The summed E-state index contributed by atoms with van der Waals surface area (Å²) in [5.74, 6) is -0.160. The first-order chi connectivity index (χ1) is 9.06. The van der Waals surface area contributed by atoms with Crippen molar-refractivity contribution in [3.63, 3.8) is 0 Å². The summed E-state index contributed by atoms with van der Waals surface area (Å²) in [4.78, 5) is 27.3. The molecule has 0 saturated heterocycles. The zero-order chi connectivity index (χ0) is 13.8. The first-order valence-electron chi connectivity index (χ1n) is 5.77. The number of amides is 1. The van der Waals surface area contributed by atoms with Crippen LogP contribution in [0.5, 0.6) is 0 Å². The summed E-state index contributed by atoms with van der Waals surface area (Å²) in [6.45, 7) is 1.82. The SMILES string of the molecule is CC(CC(=O)c1cccs1)NC(=O)c1cc(Br)c[nH]1. The van der Waals surface area contributed by atoms with Gasteiger partial charge < -0.3 is 10.3 Å². The predicted molar refractivity (Wildman–Crippen MR) is 78.7 cm³/mol. The third kappa shape index (κ3) is 3.78. The summed E-state index contributed by atoms with van der Waals surface area (Å²) in [7, 11) is 0. The lowest BCUT2D eigenvalue weighted by molar-refractivity contribution is 0.0916. The Balaban J connectivity index is 1.89. The van der Waals surface area contributed by atoms with Crippen molar-refractivity contribution >= 4 is 39.0 Å². The quantitative estimate of drug-likeness (QED) is 0.820. The molecule has 2 N–H and O–H groups in total. The molecule has 6 heteroatoms. The van der Waals surface area contributed by atoms with Gasteiger partial charge in [-0.15, -0.1) is 11.3 Å². The highest BCUT2D eigenvalue weighted by Crippen LogP contribution is 2.13. The number of aromatic nitrogens is 1. The molecule has 0 radical (unpaired) electrons. The van der Waals surface area contributed by atoms with Crippen LogP contribution in [-0.2, 0) is 0 Å². The van der Waals surface area contributed by atoms with Gasteiger partial charge in [-0.2, -0.15) is 0 Å². The van der Waals surface area contributed by atoms with Crippen LogP contribution in [-0.4, -0.2) is 22.7 Å². The fraction of sp³-hybridized carbons (Fsp3) is 0.231. The summed E-state index contributed by atoms with van der Waals surface area (Å²) >= 11 is 4.69. The van der Waals surface area contributed by atoms with Crippen molar-refractivity contribution in [2.75, 3.05) is 0 Å². The van der Waals surface area contributed by atoms with Crippen LogP contribution < -0.4 is 5.32 Å². The number of nitrogens with one attached hydrogen (secondary N) is 2. The van der Waals surface area contributed by atoms with Gasteiger partial charge in [0.15, 0.2) is 5.78 Å². The molecule has 0 saturated carbocycles. The van der Waals surface area contributed by atoms with Gasteiger partial charge in [-0.25, -0.2) is 0 Å². The van der Waals surface area contributed by atoms with Crippen molar-refractivity contribution in [2.24, 2.45) is 0 Å². The highest BCUT2D eigenvalue weighted by Gasteiger charge is 2.15. The molecule has 2 rings (SSSR count). The zero-order valence-corrected chi connectivity index (χ0v) is 12.7. The predicted octanol–water partition coefficient (Wildman–Crippen LogP) is 3.23. The van der Waals surface area contributed by atoms with Gasteiger partial charge in [-0.1, -0.05) is 6.07 Å². The van der Waals surface area contributed by atoms with Gasteiger partial charge in [-0.05, 0) is 40.4 Å². The van der Waals surface area contributed by atoms with Gasteiger partial charge in [0.25, 0.3) is 5.91 Å². The Morgan fingerprint density at radius 1 is 1.53 bits per heavy atom. The molecule has 0 fully saturated rings. The maximum Gasteiger partial charge on any atom is 0.267 e. The number of ketones is 1. The standard InChI is InChI=1S/C13H13BrN2O2S/c1-8(5-11(17)12-3-2-4-19-12)16-13(18)10-6-9(14)7-15-10/h2-4,6-8,15H,5H2,1H3,(H,16,18). The summed E-state index contributed by atoms with van der Waals surface area (Å²) in [5.41, 5.74) is 0.474. The molecule has 0 bridgehead atoms. The molecule has 1 atom stereocenters. The van der Waals surface area contributed by atoms with Crippen molar-refractivity contribution in [2.45, 2.75) is 19.4 Å². The molecule has 1 unspecified atom stereocenters. The van der Waals surface area contributed by atoms with Crippen LogP contribution in [0.4, 0.5) is 0 Å². The summed E-state index contributed by atoms with van der Waals surface area (Å²) < 4.78 is 0.819. The lowest BCUT2D eigenvalue weighted by Crippen LogP contribution is -2.34. The molecule has 19 heavy (non-hydrogen) atoms. The number of rotatable bonds is 5. The number of H-pyrrole nitrogens is 1. The van der Waals surface area contributed by atoms with Crippen molar-refractivity contribution in [3.8, 4) is 0 Å². The maximum absolute atomic E-state index is 11.9. The van der Waals surface area contributed by atoms with Crippen LogP contribution in [0.25, 0.3) is 0 Å². The van der Waals surface area contributed by atoms with Crippen LogP contribution in [0.15, 0.2) is 34.2 Å². The van der Waals surface area contributed by atoms with E-state index in [0.29, 0.717) is 12.1 Å². The van der Waals surface area contributed by atoms with E-state index < -0.39 is 0 Å². The second-order valence-corrected chi connectivity index (χ2v) is 6.07. The van der Waals surface area contributed by atoms with Crippen molar-refractivity contribution in [3.05, 3.63) is 44.8 Å². The number of carbonyl (C=O) groups excluding carboxylic acids is 2. The molecule has 2 aromatic rings. The van der Waals surface area contributed by atoms with E-state index in [0.717, 1.165) is 9.35 Å². The molecule has 0 aliphatic rings. The fourth-order valence-corrected chi connectivity index (χ4v) is 2.69. The van der Waals surface area contributed by atoms with E-state index in [1.165, 1.54) is 11.3 Å². The minimum atomic E-state index is -0.211. The summed E-state index contributed by atoms with van der Waals surface area (Å²) in [5, 5.41) is 4.66. The van der Waals surface area contributed by atoms with Crippen molar-refractivity contribution < 1.29 is 9.59 Å². The van der Waals surface area contributed by atoms with Crippen molar-refractivity contribution in [1.82, 2.24) is 10.3 Å². The van der Waals surface area contributed by atoms with E-state index in [-0.39, 0.29) is 17.7 Å². The monoisotopic (exact) mass is 340 g/mol. The first-order valence-corrected chi connectivity index (χ1v) is 7.45. The molecule has 4 nitrogen and oxygen atoms in total. The molecule has 0 spiro atoms. The van der Waals surface area contributed by atoms with E-state index in [1.54, 1.807) is 18.3 Å². The highest BCUT2D eigenvalue weighted by atomic mass is 79.9. The molecule has 0 aliphatic heterocycles. The van der Waals surface area contributed by atoms with Gasteiger partial charge in [0, 0.05) is 23.1 Å². The number of hydrogen-bond donors (Lipinski definition) is 2. The lowest BCUT2D eigenvalue weighted by atomic mass is 10.1. The molecule has 2 aromatic heterocycles. The minimum Gasteiger partial charge on any atom is -0.356 e. The fourth-order valence-electron chi connectivity index (χ4n) is 1.67. The number of thiophene rings is 1. The van der Waals surface area contributed by atoms with E-state index in [1.807, 2.05) is 18.4 Å². The van der Waals surface area contributed by atoms with Gasteiger partial charge in [0.1, 0.15) is 5.69 Å². The Labute approximate surface area is 123 Å². The third-order valence-electron chi connectivity index (χ3n) is 2.56. The van der Waals surface area contributed by atoms with Crippen LogP contribution >= 0.6 is 27.3 Å². The molecular formula is C13H13BrN2O2S. The van der Waals surface area contributed by atoms with Gasteiger partial charge in [0.2, 0.25) is 0 Å². The van der Waals surface area contributed by atoms with Gasteiger partial charge >= 0.3 is 0 Å². The van der Waals surface area contributed by atoms with Gasteiger partial charge in [-0.3, -0.25) is 9.59 Å². The normalized spacial score (nSPS) is 12.1. The number of halogens is 1. The Bertz CT molecular complexity index is 577. The Morgan fingerprint density at radius 2 is 2.32 bits per heavy atom. The maximum atomic E-state index is 11.9. The van der Waals surface area contributed by atoms with Crippen LogP contribution in [0, 0.1) is 0 Å². The third-order valence-corrected chi connectivity index (χ3v) is 3.93. The number of hydrogen-bond acceptors (Lipinski definition) is 3. The van der Waals surface area contributed by atoms with E-state index in [2.05, 4.69) is 26.2 Å². The van der Waals surface area contributed by atoms with Crippen LogP contribution in [0.3, 0.4) is 0 Å². The lowest BCUT2D eigenvalue weighted by Gasteiger charge is -2.11. The Hall–Kier alpha value is -1.40. The van der Waals surface area contributed by atoms with E-state index in [4.69, 9.17) is 0 Å². The molecule has 0 aliphatic carbocycles. The Kier molecular flexibility index (Phi) is 4.55. The highest BCUT2D eigenvalue weighted by molar-refractivity contribution is 9.10. The molecule has 2 heterocycles. The summed E-state index contributed by atoms with van der Waals surface area (Å²) in [6, 6.07) is 5.13. The average molecular weight is 341 g/mol. The average Bonchev–Trinajstić information content (AvgIpc) is 2.98. The molecule has 1 amide bonds. The molecular weight excluding hydrogens is 328 g/mol. The van der Waals surface area contributed by atoms with E-state index in [9.17, 15) is 9.59 Å². The van der Waals surface area contributed by atoms with Crippen molar-refractivity contribution in [1.29, 1.82) is 0 Å². The summed E-state index contributed by atoms with van der Waals surface area (Å²) in [6.07, 6.45) is 1.99. The minimum absolute atomic E-state index is 0.0514. The van der Waals surface area contributed by atoms with Crippen LogP contribution in [0.1, 0.15) is 33.5 Å². The first kappa shape index (κ1) is 14.0. The van der Waals surface area contributed by atoms with E-state index >= 15 is 0 Å².